The van der Waals surface area contributed by atoms with E-state index in [9.17, 15) is 0 Å². The van der Waals surface area contributed by atoms with E-state index in [4.69, 9.17) is 0 Å². The van der Waals surface area contributed by atoms with E-state index in [0.717, 1.165) is 9.37 Å². The minimum atomic E-state index is 0.888. The summed E-state index contributed by atoms with van der Waals surface area (Å²) in [6, 6.07) is 0. The van der Waals surface area contributed by atoms with E-state index in [0.29, 0.717) is 0 Å². The van der Waals surface area contributed by atoms with Gasteiger partial charge in [0.25, 0.3) is 0 Å². The maximum atomic E-state index is 3.97. The molecule has 62 valence electrons. The van der Waals surface area contributed by atoms with Gasteiger partial charge in [-0.3, -0.25) is 4.98 Å². The molecule has 0 aliphatic rings. The molecule has 0 N–H and O–H groups in total. The second kappa shape index (κ2) is 3.24. The van der Waals surface area contributed by atoms with Crippen LogP contribution in [0.4, 0.5) is 0 Å². The highest BCUT2D eigenvalue weighted by Gasteiger charge is 2.03. The van der Waals surface area contributed by atoms with Crippen LogP contribution in [-0.2, 0) is 7.05 Å². The monoisotopic (exact) mass is 198 g/mol. The van der Waals surface area contributed by atoms with Crippen LogP contribution < -0.4 is 0 Å². The first-order valence-corrected chi connectivity index (χ1v) is 4.96. The first kappa shape index (κ1) is 7.75. The molecular formula is C6H6N4S2. The highest BCUT2D eigenvalue weighted by molar-refractivity contribution is 8.01. The van der Waals surface area contributed by atoms with Crippen molar-refractivity contribution in [2.24, 2.45) is 7.05 Å². The van der Waals surface area contributed by atoms with Crippen LogP contribution in [-0.4, -0.2) is 19.7 Å². The molecule has 0 saturated heterocycles. The third-order valence-electron chi connectivity index (χ3n) is 1.27. The van der Waals surface area contributed by atoms with Gasteiger partial charge in [0, 0.05) is 7.05 Å². The number of thiazole rings is 1. The summed E-state index contributed by atoms with van der Waals surface area (Å²) >= 11 is 3.17. The summed E-state index contributed by atoms with van der Waals surface area (Å²) in [4.78, 5) is 3.97. The fraction of sp³-hybridized carbons (Fsp3) is 0.167. The molecule has 0 aliphatic carbocycles. The van der Waals surface area contributed by atoms with Crippen molar-refractivity contribution < 1.29 is 0 Å². The SMILES string of the molecule is Cn1cnnc1Sc1cncs1. The topological polar surface area (TPSA) is 43.6 Å². The Balaban J connectivity index is 2.20. The Morgan fingerprint density at radius 3 is 3.08 bits per heavy atom. The third kappa shape index (κ3) is 1.49. The van der Waals surface area contributed by atoms with E-state index < -0.39 is 0 Å². The van der Waals surface area contributed by atoms with Crippen LogP contribution in [0.15, 0.2) is 27.4 Å². The van der Waals surface area contributed by atoms with Gasteiger partial charge < -0.3 is 4.57 Å². The van der Waals surface area contributed by atoms with E-state index in [1.54, 1.807) is 34.9 Å². The second-order valence-corrected chi connectivity index (χ2v) is 4.30. The van der Waals surface area contributed by atoms with Crippen LogP contribution in [0.2, 0.25) is 0 Å². The highest BCUT2D eigenvalue weighted by atomic mass is 32.2. The minimum Gasteiger partial charge on any atom is -0.311 e. The van der Waals surface area contributed by atoms with Crippen molar-refractivity contribution in [3.05, 3.63) is 18.0 Å². The molecule has 2 heterocycles. The summed E-state index contributed by atoms with van der Waals surface area (Å²) in [5.41, 5.74) is 1.80. The van der Waals surface area contributed by atoms with Gasteiger partial charge in [-0.25, -0.2) is 0 Å². The van der Waals surface area contributed by atoms with E-state index in [2.05, 4.69) is 15.2 Å². The Kier molecular flexibility index (Phi) is 2.09. The van der Waals surface area contributed by atoms with Crippen molar-refractivity contribution in [3.63, 3.8) is 0 Å². The van der Waals surface area contributed by atoms with Crippen molar-refractivity contribution in [1.82, 2.24) is 19.7 Å². The molecular weight excluding hydrogens is 192 g/mol. The maximum absolute atomic E-state index is 3.97. The van der Waals surface area contributed by atoms with Gasteiger partial charge in [-0.1, -0.05) is 0 Å². The zero-order valence-corrected chi connectivity index (χ0v) is 7.97. The van der Waals surface area contributed by atoms with Gasteiger partial charge in [-0.15, -0.1) is 21.5 Å². The molecule has 12 heavy (non-hydrogen) atoms. The molecule has 0 spiro atoms. The fourth-order valence-electron chi connectivity index (χ4n) is 0.709. The first-order valence-electron chi connectivity index (χ1n) is 3.26. The van der Waals surface area contributed by atoms with E-state index in [-0.39, 0.29) is 0 Å². The number of nitrogens with zero attached hydrogens (tertiary/aromatic N) is 4. The normalized spacial score (nSPS) is 10.4. The number of aryl methyl sites for hydroxylation is 1. The molecule has 0 fully saturated rings. The molecule has 0 saturated carbocycles. The van der Waals surface area contributed by atoms with Gasteiger partial charge in [0.2, 0.25) is 0 Å². The van der Waals surface area contributed by atoms with Crippen molar-refractivity contribution in [2.45, 2.75) is 9.37 Å². The Bertz CT molecular complexity index is 353. The molecule has 0 radical (unpaired) electrons. The zero-order chi connectivity index (χ0) is 8.39. The Labute approximate surface area is 77.7 Å². The van der Waals surface area contributed by atoms with E-state index in [1.807, 2.05) is 17.8 Å². The standard InChI is InChI=1S/C6H6N4S2/c1-10-3-8-9-6(10)12-5-2-7-4-11-5/h2-4H,1H3. The van der Waals surface area contributed by atoms with Crippen LogP contribution in [0, 0.1) is 0 Å². The molecule has 2 aromatic heterocycles. The van der Waals surface area contributed by atoms with Crippen LogP contribution in [0.3, 0.4) is 0 Å². The predicted octanol–water partition coefficient (Wildman–Crippen LogP) is 1.42. The lowest BCUT2D eigenvalue weighted by atomic mass is 11.0. The fourth-order valence-corrected chi connectivity index (χ4v) is 2.17. The molecule has 4 nitrogen and oxygen atoms in total. The van der Waals surface area contributed by atoms with Crippen LogP contribution in [0.1, 0.15) is 0 Å². The van der Waals surface area contributed by atoms with Crippen molar-refractivity contribution in [3.8, 4) is 0 Å². The van der Waals surface area contributed by atoms with Crippen LogP contribution >= 0.6 is 23.1 Å². The number of hydrogen-bond acceptors (Lipinski definition) is 5. The summed E-state index contributed by atoms with van der Waals surface area (Å²) in [6.07, 6.45) is 3.51. The van der Waals surface area contributed by atoms with E-state index in [1.165, 1.54) is 0 Å². The van der Waals surface area contributed by atoms with Gasteiger partial charge in [0.05, 0.1) is 15.9 Å². The molecule has 0 aromatic carbocycles. The van der Waals surface area contributed by atoms with Crippen LogP contribution in [0.25, 0.3) is 0 Å². The van der Waals surface area contributed by atoms with Gasteiger partial charge in [-0.2, -0.15) is 0 Å². The quantitative estimate of drug-likeness (QED) is 0.732. The second-order valence-electron chi connectivity index (χ2n) is 2.15. The summed E-state index contributed by atoms with van der Waals surface area (Å²) < 4.78 is 3.01. The summed E-state index contributed by atoms with van der Waals surface area (Å²) in [7, 11) is 1.92. The molecule has 0 aliphatic heterocycles. The average Bonchev–Trinajstić information content (AvgIpc) is 2.65. The largest absolute Gasteiger partial charge is 0.311 e. The molecule has 2 rings (SSSR count). The van der Waals surface area contributed by atoms with Gasteiger partial charge in [0.1, 0.15) is 6.33 Å². The van der Waals surface area contributed by atoms with Gasteiger partial charge in [0.15, 0.2) is 5.16 Å². The lowest BCUT2D eigenvalue weighted by Crippen LogP contribution is -1.86. The van der Waals surface area contributed by atoms with Crippen molar-refractivity contribution >= 4 is 23.1 Å². The summed E-state index contributed by atoms with van der Waals surface area (Å²) in [5, 5.41) is 8.61. The van der Waals surface area contributed by atoms with Crippen molar-refractivity contribution in [2.75, 3.05) is 0 Å². The maximum Gasteiger partial charge on any atom is 0.196 e. The Hall–Kier alpha value is -0.880. The molecule has 2 aromatic rings. The van der Waals surface area contributed by atoms with Gasteiger partial charge in [-0.05, 0) is 11.8 Å². The lowest BCUT2D eigenvalue weighted by Gasteiger charge is -1.94. The van der Waals surface area contributed by atoms with Gasteiger partial charge >= 0.3 is 0 Å². The molecule has 0 bridgehead atoms. The average molecular weight is 198 g/mol. The van der Waals surface area contributed by atoms with Crippen molar-refractivity contribution in [1.29, 1.82) is 0 Å². The first-order chi connectivity index (χ1) is 5.86. The highest BCUT2D eigenvalue weighted by Crippen LogP contribution is 2.27. The summed E-state index contributed by atoms with van der Waals surface area (Å²) in [5.74, 6) is 0. The predicted molar refractivity (Wildman–Crippen MR) is 47.2 cm³/mol. The molecule has 0 unspecified atom stereocenters. The zero-order valence-electron chi connectivity index (χ0n) is 6.34. The van der Waals surface area contributed by atoms with E-state index >= 15 is 0 Å². The smallest absolute Gasteiger partial charge is 0.196 e. The third-order valence-corrected chi connectivity index (χ3v) is 3.23. The molecule has 0 amide bonds. The molecule has 6 heteroatoms. The number of rotatable bonds is 2. The number of hydrogen-bond donors (Lipinski definition) is 0. The lowest BCUT2D eigenvalue weighted by molar-refractivity contribution is 0.789. The Morgan fingerprint density at radius 2 is 2.50 bits per heavy atom. The Morgan fingerprint density at radius 1 is 1.58 bits per heavy atom. The summed E-state index contributed by atoms with van der Waals surface area (Å²) in [6.45, 7) is 0. The number of aromatic nitrogens is 4. The minimum absolute atomic E-state index is 0.888. The van der Waals surface area contributed by atoms with Crippen LogP contribution in [0.5, 0.6) is 0 Å². The molecule has 0 atom stereocenters.